The van der Waals surface area contributed by atoms with Gasteiger partial charge in [0, 0.05) is 29.2 Å². The number of hydrogen-bond acceptors (Lipinski definition) is 4. The summed E-state index contributed by atoms with van der Waals surface area (Å²) in [7, 11) is 0. The van der Waals surface area contributed by atoms with E-state index in [0.717, 1.165) is 17.1 Å². The van der Waals surface area contributed by atoms with Gasteiger partial charge < -0.3 is 5.73 Å². The molecule has 0 aliphatic rings. The highest BCUT2D eigenvalue weighted by molar-refractivity contribution is 7.99. The predicted molar refractivity (Wildman–Crippen MR) is 81.7 cm³/mol. The van der Waals surface area contributed by atoms with E-state index >= 15 is 0 Å². The Kier molecular flexibility index (Phi) is 4.66. The van der Waals surface area contributed by atoms with Crippen LogP contribution in [0.1, 0.15) is 18.2 Å². The standard InChI is InChI=1S/C14H16ClN3S/c1-9-3-4-17-12(5-9)6-10(2)19-14-8-11(16)7-13(15)18-14/h3-5,7-8,10H,6H2,1-2H3,(H2,16,18). The fourth-order valence-electron chi connectivity index (χ4n) is 1.80. The summed E-state index contributed by atoms with van der Waals surface area (Å²) in [6.45, 7) is 4.22. The summed E-state index contributed by atoms with van der Waals surface area (Å²) < 4.78 is 0. The lowest BCUT2D eigenvalue weighted by atomic mass is 10.2. The van der Waals surface area contributed by atoms with Crippen LogP contribution in [0.5, 0.6) is 0 Å². The van der Waals surface area contributed by atoms with Gasteiger partial charge in [0.05, 0.1) is 0 Å². The van der Waals surface area contributed by atoms with Crippen LogP contribution in [0.2, 0.25) is 5.15 Å². The molecule has 2 aromatic heterocycles. The predicted octanol–water partition coefficient (Wildman–Crippen LogP) is 3.74. The summed E-state index contributed by atoms with van der Waals surface area (Å²) in [4.78, 5) is 8.63. The van der Waals surface area contributed by atoms with Crippen molar-refractivity contribution in [2.24, 2.45) is 0 Å². The number of nitrogen functional groups attached to an aromatic ring is 1. The summed E-state index contributed by atoms with van der Waals surface area (Å²) >= 11 is 7.55. The van der Waals surface area contributed by atoms with Crippen molar-refractivity contribution in [1.82, 2.24) is 9.97 Å². The van der Waals surface area contributed by atoms with Crippen molar-refractivity contribution in [1.29, 1.82) is 0 Å². The van der Waals surface area contributed by atoms with E-state index in [2.05, 4.69) is 29.9 Å². The van der Waals surface area contributed by atoms with E-state index in [9.17, 15) is 0 Å². The number of pyridine rings is 2. The van der Waals surface area contributed by atoms with E-state index in [1.807, 2.05) is 18.3 Å². The zero-order valence-electron chi connectivity index (χ0n) is 10.9. The molecule has 0 amide bonds. The van der Waals surface area contributed by atoms with Gasteiger partial charge >= 0.3 is 0 Å². The average molecular weight is 294 g/mol. The third-order valence-corrected chi connectivity index (χ3v) is 3.80. The van der Waals surface area contributed by atoms with Crippen molar-refractivity contribution in [3.8, 4) is 0 Å². The van der Waals surface area contributed by atoms with Crippen LogP contribution in [0.25, 0.3) is 0 Å². The fraction of sp³-hybridized carbons (Fsp3) is 0.286. The molecule has 1 atom stereocenters. The summed E-state index contributed by atoms with van der Waals surface area (Å²) in [6.07, 6.45) is 2.73. The molecule has 0 aliphatic carbocycles. The van der Waals surface area contributed by atoms with Gasteiger partial charge in [-0.25, -0.2) is 4.98 Å². The summed E-state index contributed by atoms with van der Waals surface area (Å²) in [5.74, 6) is 0. The molecule has 2 aromatic rings. The third kappa shape index (κ3) is 4.40. The maximum Gasteiger partial charge on any atom is 0.132 e. The van der Waals surface area contributed by atoms with Gasteiger partial charge in [-0.2, -0.15) is 0 Å². The van der Waals surface area contributed by atoms with Crippen molar-refractivity contribution in [3.63, 3.8) is 0 Å². The Morgan fingerprint density at radius 1 is 1.37 bits per heavy atom. The molecule has 5 heteroatoms. The molecule has 1 unspecified atom stereocenters. The number of aryl methyl sites for hydroxylation is 1. The van der Waals surface area contributed by atoms with E-state index in [-0.39, 0.29) is 0 Å². The van der Waals surface area contributed by atoms with Gasteiger partial charge in [0.25, 0.3) is 0 Å². The minimum absolute atomic E-state index is 0.361. The number of nitrogens with two attached hydrogens (primary N) is 1. The van der Waals surface area contributed by atoms with E-state index < -0.39 is 0 Å². The normalized spacial score (nSPS) is 12.4. The van der Waals surface area contributed by atoms with E-state index in [0.29, 0.717) is 16.1 Å². The van der Waals surface area contributed by atoms with Gasteiger partial charge in [0.2, 0.25) is 0 Å². The van der Waals surface area contributed by atoms with Gasteiger partial charge in [-0.15, -0.1) is 11.8 Å². The van der Waals surface area contributed by atoms with Crippen LogP contribution in [0.3, 0.4) is 0 Å². The lowest BCUT2D eigenvalue weighted by molar-refractivity contribution is 0.894. The van der Waals surface area contributed by atoms with Crippen LogP contribution >= 0.6 is 23.4 Å². The number of aromatic nitrogens is 2. The first kappa shape index (κ1) is 14.2. The monoisotopic (exact) mass is 293 g/mol. The molecule has 3 nitrogen and oxygen atoms in total. The Bertz CT molecular complexity index is 554. The minimum Gasteiger partial charge on any atom is -0.399 e. The molecule has 2 rings (SSSR count). The Balaban J connectivity index is 2.03. The topological polar surface area (TPSA) is 51.8 Å². The number of rotatable bonds is 4. The van der Waals surface area contributed by atoms with Gasteiger partial charge in [0.1, 0.15) is 10.2 Å². The first-order valence-corrected chi connectivity index (χ1v) is 7.30. The van der Waals surface area contributed by atoms with Crippen molar-refractivity contribution in [3.05, 3.63) is 46.9 Å². The first-order valence-electron chi connectivity index (χ1n) is 6.04. The SMILES string of the molecule is Cc1ccnc(CC(C)Sc2cc(N)cc(Cl)n2)c1. The Morgan fingerprint density at radius 3 is 2.84 bits per heavy atom. The molecule has 100 valence electrons. The van der Waals surface area contributed by atoms with Gasteiger partial charge in [-0.05, 0) is 36.8 Å². The van der Waals surface area contributed by atoms with Gasteiger partial charge in [-0.1, -0.05) is 18.5 Å². The molecule has 0 aliphatic heterocycles. The van der Waals surface area contributed by atoms with E-state index in [4.69, 9.17) is 17.3 Å². The van der Waals surface area contributed by atoms with Crippen LogP contribution in [0.15, 0.2) is 35.5 Å². The number of thioether (sulfide) groups is 1. The molecule has 0 aromatic carbocycles. The molecule has 0 bridgehead atoms. The highest BCUT2D eigenvalue weighted by atomic mass is 35.5. The van der Waals surface area contributed by atoms with Crippen molar-refractivity contribution in [2.45, 2.75) is 30.5 Å². The van der Waals surface area contributed by atoms with Crippen molar-refractivity contribution < 1.29 is 0 Å². The maximum absolute atomic E-state index is 5.90. The number of hydrogen-bond donors (Lipinski definition) is 1. The van der Waals surface area contributed by atoms with Crippen LogP contribution < -0.4 is 5.73 Å². The molecular formula is C14H16ClN3S. The van der Waals surface area contributed by atoms with Crippen LogP contribution in [-0.2, 0) is 6.42 Å². The summed E-state index contributed by atoms with van der Waals surface area (Å²) in [6, 6.07) is 7.60. The quantitative estimate of drug-likeness (QED) is 0.689. The van der Waals surface area contributed by atoms with Crippen molar-refractivity contribution in [2.75, 3.05) is 5.73 Å². The zero-order chi connectivity index (χ0) is 13.8. The second-order valence-electron chi connectivity index (χ2n) is 4.52. The Hall–Kier alpha value is -1.26. The zero-order valence-corrected chi connectivity index (χ0v) is 12.5. The number of anilines is 1. The molecular weight excluding hydrogens is 278 g/mol. The smallest absolute Gasteiger partial charge is 0.132 e. The maximum atomic E-state index is 5.90. The highest BCUT2D eigenvalue weighted by Crippen LogP contribution is 2.26. The van der Waals surface area contributed by atoms with Crippen molar-refractivity contribution >= 4 is 29.1 Å². The summed E-state index contributed by atoms with van der Waals surface area (Å²) in [5, 5.41) is 1.65. The van der Waals surface area contributed by atoms with Crippen LogP contribution in [-0.4, -0.2) is 15.2 Å². The molecule has 19 heavy (non-hydrogen) atoms. The van der Waals surface area contributed by atoms with E-state index in [1.165, 1.54) is 5.56 Å². The lowest BCUT2D eigenvalue weighted by Crippen LogP contribution is -2.04. The number of nitrogens with zero attached hydrogens (tertiary/aromatic N) is 2. The largest absolute Gasteiger partial charge is 0.399 e. The molecule has 0 fully saturated rings. The third-order valence-electron chi connectivity index (χ3n) is 2.58. The van der Waals surface area contributed by atoms with Gasteiger partial charge in [0.15, 0.2) is 0 Å². The number of halogens is 1. The Labute approximate surface area is 122 Å². The molecule has 0 saturated heterocycles. The van der Waals surface area contributed by atoms with Crippen LogP contribution in [0, 0.1) is 6.92 Å². The molecule has 0 radical (unpaired) electrons. The fourth-order valence-corrected chi connectivity index (χ4v) is 3.09. The average Bonchev–Trinajstić information content (AvgIpc) is 2.26. The van der Waals surface area contributed by atoms with Gasteiger partial charge in [-0.3, -0.25) is 4.98 Å². The molecule has 2 heterocycles. The Morgan fingerprint density at radius 2 is 2.16 bits per heavy atom. The summed E-state index contributed by atoms with van der Waals surface area (Å²) in [5.41, 5.74) is 8.72. The van der Waals surface area contributed by atoms with Crippen LogP contribution in [0.4, 0.5) is 5.69 Å². The highest BCUT2D eigenvalue weighted by Gasteiger charge is 2.09. The lowest BCUT2D eigenvalue weighted by Gasteiger charge is -2.11. The molecule has 0 spiro atoms. The first-order chi connectivity index (χ1) is 9.02. The van der Waals surface area contributed by atoms with E-state index in [1.54, 1.807) is 17.8 Å². The second kappa shape index (κ2) is 6.26. The second-order valence-corrected chi connectivity index (χ2v) is 6.36. The molecule has 2 N–H and O–H groups in total. The minimum atomic E-state index is 0.361. The molecule has 0 saturated carbocycles.